The number of nitrogens with one attached hydrogen (secondary N) is 2. The van der Waals surface area contributed by atoms with Crippen LogP contribution in [0.25, 0.3) is 0 Å². The van der Waals surface area contributed by atoms with Crippen LogP contribution in [0.1, 0.15) is 53.6 Å². The zero-order chi connectivity index (χ0) is 18.6. The lowest BCUT2D eigenvalue weighted by Gasteiger charge is -2.42. The van der Waals surface area contributed by atoms with E-state index < -0.39 is 6.04 Å². The predicted molar refractivity (Wildman–Crippen MR) is 96.3 cm³/mol. The van der Waals surface area contributed by atoms with Crippen LogP contribution in [0, 0.1) is 0 Å². The van der Waals surface area contributed by atoms with E-state index in [4.69, 9.17) is 4.74 Å². The van der Waals surface area contributed by atoms with Gasteiger partial charge in [-0.2, -0.15) is 0 Å². The number of hydrogen-bond donors (Lipinski definition) is 2. The van der Waals surface area contributed by atoms with Crippen LogP contribution in [0.4, 0.5) is 0 Å². The topological polar surface area (TPSA) is 87.7 Å². The van der Waals surface area contributed by atoms with Gasteiger partial charge in [-0.1, -0.05) is 12.1 Å². The Kier molecular flexibility index (Phi) is 3.75. The van der Waals surface area contributed by atoms with Crippen molar-refractivity contribution in [2.45, 2.75) is 56.7 Å². The van der Waals surface area contributed by atoms with Crippen molar-refractivity contribution in [3.8, 4) is 5.75 Å². The Morgan fingerprint density at radius 1 is 1.04 bits per heavy atom. The third kappa shape index (κ3) is 2.64. The highest BCUT2D eigenvalue weighted by Crippen LogP contribution is 2.44. The monoisotopic (exact) mass is 369 g/mol. The molecule has 7 heteroatoms. The second-order valence-corrected chi connectivity index (χ2v) is 8.02. The van der Waals surface area contributed by atoms with Crippen LogP contribution in [-0.4, -0.2) is 47.4 Å². The van der Waals surface area contributed by atoms with Crippen molar-refractivity contribution in [2.75, 3.05) is 13.1 Å². The van der Waals surface area contributed by atoms with Gasteiger partial charge < -0.3 is 15.0 Å². The van der Waals surface area contributed by atoms with Gasteiger partial charge in [-0.3, -0.25) is 19.7 Å². The second kappa shape index (κ2) is 6.05. The zero-order valence-electron chi connectivity index (χ0n) is 15.2. The molecule has 27 heavy (non-hydrogen) atoms. The minimum Gasteiger partial charge on any atom is -0.486 e. The van der Waals surface area contributed by atoms with Crippen LogP contribution >= 0.6 is 0 Å². The highest BCUT2D eigenvalue weighted by atomic mass is 16.5. The highest BCUT2D eigenvalue weighted by Gasteiger charge is 2.44. The molecule has 0 bridgehead atoms. The molecule has 2 N–H and O–H groups in total. The molecule has 4 aliphatic heterocycles. The third-order valence-electron chi connectivity index (χ3n) is 6.41. The zero-order valence-corrected chi connectivity index (χ0v) is 15.2. The lowest BCUT2D eigenvalue weighted by Crippen LogP contribution is -2.52. The van der Waals surface area contributed by atoms with Gasteiger partial charge in [0.2, 0.25) is 11.8 Å². The summed E-state index contributed by atoms with van der Waals surface area (Å²) in [5.41, 5.74) is 2.43. The molecule has 1 atom stereocenters. The van der Waals surface area contributed by atoms with Gasteiger partial charge in [0, 0.05) is 13.0 Å². The van der Waals surface area contributed by atoms with Crippen molar-refractivity contribution < 1.29 is 19.1 Å². The average molecular weight is 369 g/mol. The molecule has 7 nitrogen and oxygen atoms in total. The standard InChI is InChI=1S/C20H23N3O4/c24-15-4-3-14(18(25)22-15)23-11-13-2-1-12-5-6-20(7-9-21-10-8-20)27-17(12)16(13)19(23)26/h1-2,14,21H,3-11H2,(H,22,24,25). The summed E-state index contributed by atoms with van der Waals surface area (Å²) >= 11 is 0. The maximum Gasteiger partial charge on any atom is 0.258 e. The number of nitrogens with zero attached hydrogens (tertiary/aromatic N) is 1. The summed E-state index contributed by atoms with van der Waals surface area (Å²) in [5.74, 6) is -0.0752. The number of benzene rings is 1. The fourth-order valence-corrected chi connectivity index (χ4v) is 4.84. The van der Waals surface area contributed by atoms with Gasteiger partial charge in [0.1, 0.15) is 17.4 Å². The smallest absolute Gasteiger partial charge is 0.258 e. The number of imide groups is 1. The normalized spacial score (nSPS) is 26.4. The summed E-state index contributed by atoms with van der Waals surface area (Å²) in [6, 6.07) is 3.46. The molecule has 1 aromatic carbocycles. The van der Waals surface area contributed by atoms with Crippen molar-refractivity contribution in [2.24, 2.45) is 0 Å². The summed E-state index contributed by atoms with van der Waals surface area (Å²) in [7, 11) is 0. The van der Waals surface area contributed by atoms with E-state index in [9.17, 15) is 14.4 Å². The van der Waals surface area contributed by atoms with E-state index in [2.05, 4.69) is 16.7 Å². The molecule has 0 radical (unpaired) electrons. The summed E-state index contributed by atoms with van der Waals surface area (Å²) in [6.45, 7) is 2.26. The molecule has 5 rings (SSSR count). The van der Waals surface area contributed by atoms with Gasteiger partial charge in [-0.05, 0) is 56.3 Å². The molecule has 0 aromatic heterocycles. The van der Waals surface area contributed by atoms with Crippen LogP contribution < -0.4 is 15.4 Å². The molecule has 1 unspecified atom stereocenters. The highest BCUT2D eigenvalue weighted by molar-refractivity contribution is 6.06. The van der Waals surface area contributed by atoms with E-state index in [0.29, 0.717) is 18.5 Å². The number of amides is 3. The average Bonchev–Trinajstić information content (AvgIpc) is 2.99. The van der Waals surface area contributed by atoms with Crippen molar-refractivity contribution in [3.63, 3.8) is 0 Å². The first-order valence-electron chi connectivity index (χ1n) is 9.75. The first-order valence-corrected chi connectivity index (χ1v) is 9.75. The Hall–Kier alpha value is -2.41. The maximum absolute atomic E-state index is 13.2. The lowest BCUT2D eigenvalue weighted by atomic mass is 9.83. The number of aryl methyl sites for hydroxylation is 1. The van der Waals surface area contributed by atoms with Gasteiger partial charge in [0.25, 0.3) is 5.91 Å². The Bertz CT molecular complexity index is 844. The number of hydrogen-bond acceptors (Lipinski definition) is 5. The van der Waals surface area contributed by atoms with Crippen LogP contribution in [0.3, 0.4) is 0 Å². The second-order valence-electron chi connectivity index (χ2n) is 8.02. The van der Waals surface area contributed by atoms with Gasteiger partial charge in [-0.15, -0.1) is 0 Å². The van der Waals surface area contributed by atoms with E-state index in [1.165, 1.54) is 0 Å². The van der Waals surface area contributed by atoms with E-state index in [1.807, 2.05) is 6.07 Å². The molecular weight excluding hydrogens is 346 g/mol. The third-order valence-corrected chi connectivity index (χ3v) is 6.41. The first kappa shape index (κ1) is 16.7. The fraction of sp³-hybridized carbons (Fsp3) is 0.550. The van der Waals surface area contributed by atoms with Crippen LogP contribution in [0.5, 0.6) is 5.75 Å². The minimum absolute atomic E-state index is 0.151. The van der Waals surface area contributed by atoms with Crippen molar-refractivity contribution in [3.05, 3.63) is 28.8 Å². The molecule has 1 aromatic rings. The molecule has 2 saturated heterocycles. The molecule has 0 saturated carbocycles. The van der Waals surface area contributed by atoms with Gasteiger partial charge >= 0.3 is 0 Å². The largest absolute Gasteiger partial charge is 0.486 e. The van der Waals surface area contributed by atoms with E-state index in [-0.39, 0.29) is 29.7 Å². The summed E-state index contributed by atoms with van der Waals surface area (Å²) in [6.07, 6.45) is 4.42. The maximum atomic E-state index is 13.2. The van der Waals surface area contributed by atoms with Crippen molar-refractivity contribution >= 4 is 17.7 Å². The number of piperidine rings is 2. The summed E-state index contributed by atoms with van der Waals surface area (Å²) in [4.78, 5) is 38.5. The van der Waals surface area contributed by atoms with Crippen LogP contribution in [0.2, 0.25) is 0 Å². The molecule has 1 spiro atoms. The van der Waals surface area contributed by atoms with Gasteiger partial charge in [0.05, 0.1) is 5.56 Å². The molecule has 0 aliphatic carbocycles. The van der Waals surface area contributed by atoms with Crippen LogP contribution in [0.15, 0.2) is 12.1 Å². The number of fused-ring (bicyclic) bond motifs is 3. The van der Waals surface area contributed by atoms with E-state index >= 15 is 0 Å². The van der Waals surface area contributed by atoms with E-state index in [0.717, 1.165) is 55.6 Å². The first-order chi connectivity index (χ1) is 13.1. The Balaban J connectivity index is 1.47. The molecule has 3 amide bonds. The lowest BCUT2D eigenvalue weighted by molar-refractivity contribution is -0.136. The van der Waals surface area contributed by atoms with E-state index in [1.54, 1.807) is 4.90 Å². The summed E-state index contributed by atoms with van der Waals surface area (Å²) in [5, 5.41) is 5.73. The van der Waals surface area contributed by atoms with Gasteiger partial charge in [0.15, 0.2) is 0 Å². The van der Waals surface area contributed by atoms with Crippen LogP contribution in [-0.2, 0) is 22.6 Å². The Morgan fingerprint density at radius 3 is 2.59 bits per heavy atom. The van der Waals surface area contributed by atoms with Crippen molar-refractivity contribution in [1.29, 1.82) is 0 Å². The number of rotatable bonds is 1. The summed E-state index contributed by atoms with van der Waals surface area (Å²) < 4.78 is 6.51. The minimum atomic E-state index is -0.588. The molecule has 4 heterocycles. The molecule has 4 aliphatic rings. The predicted octanol–water partition coefficient (Wildman–Crippen LogP) is 0.895. The Labute approximate surface area is 157 Å². The quantitative estimate of drug-likeness (QED) is 0.718. The fourth-order valence-electron chi connectivity index (χ4n) is 4.84. The Morgan fingerprint density at radius 2 is 1.81 bits per heavy atom. The number of carbonyl (C=O) groups excluding carboxylic acids is 3. The molecule has 2 fully saturated rings. The van der Waals surface area contributed by atoms with Crippen molar-refractivity contribution in [1.82, 2.24) is 15.5 Å². The number of carbonyl (C=O) groups is 3. The molecular formula is C20H23N3O4. The van der Waals surface area contributed by atoms with Gasteiger partial charge in [-0.25, -0.2) is 0 Å². The SMILES string of the molecule is O=C1CCC(N2Cc3ccc4c(c3C2=O)OC2(CCNCC2)CC4)C(=O)N1. The molecule has 142 valence electrons. The number of ether oxygens (including phenoxy) is 1.